The first-order chi connectivity index (χ1) is 12.5. The molecule has 2 unspecified atom stereocenters. The molecule has 0 aliphatic rings. The van der Waals surface area contributed by atoms with Crippen LogP contribution in [0.5, 0.6) is 0 Å². The van der Waals surface area contributed by atoms with E-state index in [2.05, 4.69) is 67.7 Å². The Morgan fingerprint density at radius 2 is 1.32 bits per heavy atom. The summed E-state index contributed by atoms with van der Waals surface area (Å²) in [5.41, 5.74) is 0. The van der Waals surface area contributed by atoms with Crippen LogP contribution in [0.3, 0.4) is 0 Å². The zero-order valence-electron chi connectivity index (χ0n) is 20.1. The molecule has 0 saturated carbocycles. The third kappa shape index (κ3) is 8.51. The van der Waals surface area contributed by atoms with E-state index in [1.807, 2.05) is 0 Å². The molecule has 0 amide bonds. The van der Waals surface area contributed by atoms with E-state index in [4.69, 9.17) is 18.3 Å². The molecule has 170 valence electrons. The van der Waals surface area contributed by atoms with Gasteiger partial charge >= 0.3 is 0 Å². The highest BCUT2D eigenvalue weighted by molar-refractivity contribution is 6.74. The maximum atomic E-state index is 9.66. The van der Waals surface area contributed by atoms with E-state index in [1.54, 1.807) is 0 Å². The van der Waals surface area contributed by atoms with Crippen LogP contribution in [0.15, 0.2) is 0 Å². The Bertz CT molecular complexity index is 439. The molecular formula is C20H46O6Si2. The lowest BCUT2D eigenvalue weighted by Gasteiger charge is -2.43. The number of ether oxygens (including phenoxy) is 2. The summed E-state index contributed by atoms with van der Waals surface area (Å²) in [6, 6.07) is 0. The van der Waals surface area contributed by atoms with Gasteiger partial charge in [-0.15, -0.1) is 0 Å². The Hall–Kier alpha value is 0.194. The van der Waals surface area contributed by atoms with Crippen LogP contribution in [0.1, 0.15) is 48.0 Å². The highest BCUT2D eigenvalue weighted by Crippen LogP contribution is 2.39. The van der Waals surface area contributed by atoms with Crippen molar-refractivity contribution in [3.8, 4) is 0 Å². The third-order valence-electron chi connectivity index (χ3n) is 6.23. The Morgan fingerprint density at radius 1 is 0.821 bits per heavy atom. The summed E-state index contributed by atoms with van der Waals surface area (Å²) in [5, 5.41) is 19.3. The largest absolute Gasteiger partial charge is 0.414 e. The van der Waals surface area contributed by atoms with Crippen LogP contribution in [-0.2, 0) is 18.3 Å². The third-order valence-corrected chi connectivity index (χ3v) is 15.2. The normalized spacial score (nSPS) is 17.5. The minimum Gasteiger partial charge on any atom is -0.414 e. The van der Waals surface area contributed by atoms with Crippen LogP contribution in [-0.4, -0.2) is 72.3 Å². The van der Waals surface area contributed by atoms with Crippen molar-refractivity contribution >= 4 is 16.6 Å². The van der Waals surface area contributed by atoms with Gasteiger partial charge in [0.25, 0.3) is 0 Å². The molecule has 0 aliphatic heterocycles. The number of rotatable bonds is 12. The molecule has 6 nitrogen and oxygen atoms in total. The topological polar surface area (TPSA) is 77.4 Å². The molecular weight excluding hydrogens is 392 g/mol. The number of aliphatic hydroxyl groups is 2. The van der Waals surface area contributed by atoms with E-state index >= 15 is 0 Å². The van der Waals surface area contributed by atoms with Crippen molar-refractivity contribution in [2.24, 2.45) is 0 Å². The van der Waals surface area contributed by atoms with E-state index < -0.39 is 29.0 Å². The van der Waals surface area contributed by atoms with Crippen molar-refractivity contribution in [3.05, 3.63) is 0 Å². The molecule has 28 heavy (non-hydrogen) atoms. The number of hydrogen-bond donors (Lipinski definition) is 2. The Balaban J connectivity index is 5.62. The molecule has 0 saturated heterocycles. The predicted octanol–water partition coefficient (Wildman–Crippen LogP) is 4.13. The second-order valence-corrected chi connectivity index (χ2v) is 20.1. The van der Waals surface area contributed by atoms with E-state index in [0.717, 1.165) is 0 Å². The second-order valence-electron chi connectivity index (χ2n) is 10.5. The zero-order chi connectivity index (χ0) is 22.4. The van der Waals surface area contributed by atoms with Gasteiger partial charge in [-0.1, -0.05) is 41.5 Å². The first kappa shape index (κ1) is 28.2. The van der Waals surface area contributed by atoms with Gasteiger partial charge in [0, 0.05) is 13.7 Å². The molecule has 0 rings (SSSR count). The first-order valence-electron chi connectivity index (χ1n) is 10.2. The number of hydrogen-bond acceptors (Lipinski definition) is 6. The molecule has 0 aromatic carbocycles. The summed E-state index contributed by atoms with van der Waals surface area (Å²) in [7, 11) is -2.58. The van der Waals surface area contributed by atoms with Gasteiger partial charge in [-0.05, 0) is 42.7 Å². The minimum atomic E-state index is -2.09. The fourth-order valence-electron chi connectivity index (χ4n) is 2.11. The molecule has 0 radical (unpaired) electrons. The summed E-state index contributed by atoms with van der Waals surface area (Å²) < 4.78 is 24.3. The van der Waals surface area contributed by atoms with Crippen LogP contribution in [0.25, 0.3) is 0 Å². The van der Waals surface area contributed by atoms with Crippen LogP contribution in [0.2, 0.25) is 36.3 Å². The SMILES string of the molecule is COC(CO)O[C@H](CO[Si](C)(C)C(C)(C)C)C(CCO)O[Si](C)(C)C(C)(C)C. The highest BCUT2D eigenvalue weighted by atomic mass is 28.4. The lowest BCUT2D eigenvalue weighted by Crippen LogP contribution is -2.51. The first-order valence-corrected chi connectivity index (χ1v) is 16.1. The lowest BCUT2D eigenvalue weighted by molar-refractivity contribution is -0.201. The van der Waals surface area contributed by atoms with Crippen molar-refractivity contribution in [2.75, 3.05) is 26.9 Å². The fourth-order valence-corrected chi connectivity index (χ4v) is 4.51. The van der Waals surface area contributed by atoms with E-state index in [0.29, 0.717) is 13.0 Å². The Morgan fingerprint density at radius 3 is 1.68 bits per heavy atom. The molecule has 2 N–H and O–H groups in total. The van der Waals surface area contributed by atoms with E-state index in [9.17, 15) is 10.2 Å². The molecule has 0 spiro atoms. The average Bonchev–Trinajstić information content (AvgIpc) is 2.52. The summed E-state index contributed by atoms with van der Waals surface area (Å²) in [6.45, 7) is 22.0. The molecule has 0 fully saturated rings. The maximum absolute atomic E-state index is 9.66. The lowest BCUT2D eigenvalue weighted by atomic mass is 10.1. The number of methoxy groups -OCH3 is 1. The Kier molecular flexibility index (Phi) is 11.1. The van der Waals surface area contributed by atoms with Crippen molar-refractivity contribution in [1.82, 2.24) is 0 Å². The van der Waals surface area contributed by atoms with Crippen molar-refractivity contribution in [2.45, 2.75) is 103 Å². The van der Waals surface area contributed by atoms with Gasteiger partial charge in [-0.25, -0.2) is 0 Å². The van der Waals surface area contributed by atoms with Crippen LogP contribution in [0.4, 0.5) is 0 Å². The molecule has 0 aromatic rings. The van der Waals surface area contributed by atoms with Gasteiger partial charge in [-0.2, -0.15) is 0 Å². The van der Waals surface area contributed by atoms with Crippen LogP contribution < -0.4 is 0 Å². The van der Waals surface area contributed by atoms with Crippen molar-refractivity contribution in [3.63, 3.8) is 0 Å². The highest BCUT2D eigenvalue weighted by Gasteiger charge is 2.43. The Labute approximate surface area is 175 Å². The maximum Gasteiger partial charge on any atom is 0.192 e. The summed E-state index contributed by atoms with van der Waals surface area (Å²) in [6.07, 6.45) is -1.08. The van der Waals surface area contributed by atoms with E-state index in [-0.39, 0.29) is 29.4 Å². The summed E-state index contributed by atoms with van der Waals surface area (Å²) >= 11 is 0. The standard InChI is InChI=1S/C20H46O6Si2/c1-19(2,3)27(8,9)24-15-17(25-18(14-22)23-7)16(12-13-21)26-28(10,11)20(4,5)6/h16-18,21-22H,12-15H2,1-11H3/t16?,17-,18?/m1/s1. The summed E-state index contributed by atoms with van der Waals surface area (Å²) in [5.74, 6) is 0. The van der Waals surface area contributed by atoms with Gasteiger partial charge < -0.3 is 28.5 Å². The minimum absolute atomic E-state index is 0.00395. The van der Waals surface area contributed by atoms with E-state index in [1.165, 1.54) is 7.11 Å². The molecule has 0 bridgehead atoms. The zero-order valence-corrected chi connectivity index (χ0v) is 22.1. The molecule has 0 aliphatic carbocycles. The van der Waals surface area contributed by atoms with Gasteiger partial charge in [0.15, 0.2) is 22.9 Å². The molecule has 0 heterocycles. The van der Waals surface area contributed by atoms with Gasteiger partial charge in [0.05, 0.1) is 19.3 Å². The molecule has 3 atom stereocenters. The van der Waals surface area contributed by atoms with Crippen molar-refractivity contribution < 1.29 is 28.5 Å². The predicted molar refractivity (Wildman–Crippen MR) is 120 cm³/mol. The van der Waals surface area contributed by atoms with Gasteiger partial charge in [0.2, 0.25) is 0 Å². The quantitative estimate of drug-likeness (QED) is 0.352. The molecule has 0 aromatic heterocycles. The van der Waals surface area contributed by atoms with Gasteiger partial charge in [-0.3, -0.25) is 0 Å². The monoisotopic (exact) mass is 438 g/mol. The second kappa shape index (κ2) is 11.0. The van der Waals surface area contributed by atoms with Crippen molar-refractivity contribution in [1.29, 1.82) is 0 Å². The van der Waals surface area contributed by atoms with Crippen LogP contribution in [0, 0.1) is 0 Å². The fraction of sp³-hybridized carbons (Fsp3) is 1.00. The summed E-state index contributed by atoms with van der Waals surface area (Å²) in [4.78, 5) is 0. The number of aliphatic hydroxyl groups excluding tert-OH is 2. The smallest absolute Gasteiger partial charge is 0.192 e. The molecule has 8 heteroatoms. The van der Waals surface area contributed by atoms with Crippen LogP contribution >= 0.6 is 0 Å². The van der Waals surface area contributed by atoms with Gasteiger partial charge in [0.1, 0.15) is 6.10 Å². The average molecular weight is 439 g/mol.